The van der Waals surface area contributed by atoms with E-state index in [-0.39, 0.29) is 0 Å². The van der Waals surface area contributed by atoms with Gasteiger partial charge in [-0.25, -0.2) is 0 Å². The van der Waals surface area contributed by atoms with Crippen molar-refractivity contribution >= 4 is 8.38 Å². The molecule has 92 valence electrons. The highest BCUT2D eigenvalue weighted by molar-refractivity contribution is 7.46. The van der Waals surface area contributed by atoms with E-state index < -0.39 is 8.38 Å². The second-order valence-electron chi connectivity index (χ2n) is 4.05. The van der Waals surface area contributed by atoms with Gasteiger partial charge in [-0.15, -0.1) is 0 Å². The van der Waals surface area contributed by atoms with Gasteiger partial charge in [0, 0.05) is 12.7 Å². The first kappa shape index (κ1) is 13.9. The van der Waals surface area contributed by atoms with Crippen molar-refractivity contribution in [3.05, 3.63) is 0 Å². The third kappa shape index (κ3) is 5.23. The molecule has 1 rings (SSSR count). The predicted octanol–water partition coefficient (Wildman–Crippen LogP) is 2.41. The summed E-state index contributed by atoms with van der Waals surface area (Å²) >= 11 is 0. The van der Waals surface area contributed by atoms with Gasteiger partial charge >= 0.3 is 0 Å². The minimum absolute atomic E-state index is 0.350. The monoisotopic (exact) mass is 244 g/mol. The summed E-state index contributed by atoms with van der Waals surface area (Å²) in [7, 11) is 1.21. The van der Waals surface area contributed by atoms with Gasteiger partial charge in [-0.1, -0.05) is 0 Å². The van der Waals surface area contributed by atoms with Crippen molar-refractivity contribution in [3.8, 4) is 6.07 Å². The van der Waals surface area contributed by atoms with E-state index in [1.807, 2.05) is 13.7 Å². The van der Waals surface area contributed by atoms with Gasteiger partial charge in [0.1, 0.15) is 0 Å². The quantitative estimate of drug-likeness (QED) is 0.576. The minimum atomic E-state index is -0.805. The lowest BCUT2D eigenvalue weighted by Crippen LogP contribution is -2.32. The molecule has 0 radical (unpaired) electrons. The topological polar surface area (TPSA) is 54.3 Å². The molecule has 1 unspecified atom stereocenters. The molecule has 16 heavy (non-hydrogen) atoms. The van der Waals surface area contributed by atoms with Crippen molar-refractivity contribution in [1.82, 2.24) is 5.32 Å². The molecule has 0 spiro atoms. The summed E-state index contributed by atoms with van der Waals surface area (Å²) in [5.41, 5.74) is 0. The fraction of sp³-hybridized carbons (Fsp3) is 0.909. The molecule has 0 aromatic carbocycles. The van der Waals surface area contributed by atoms with Crippen LogP contribution in [0.15, 0.2) is 0 Å². The largest absolute Gasteiger partial charge is 0.333 e. The van der Waals surface area contributed by atoms with Crippen LogP contribution in [0.4, 0.5) is 0 Å². The van der Waals surface area contributed by atoms with Gasteiger partial charge in [0.25, 0.3) is 0 Å². The molecule has 0 aromatic rings. The van der Waals surface area contributed by atoms with Crippen LogP contribution in [-0.2, 0) is 9.05 Å². The maximum atomic E-state index is 8.39. The van der Waals surface area contributed by atoms with Crippen LogP contribution in [0, 0.1) is 11.3 Å². The molecule has 0 amide bonds. The zero-order valence-electron chi connectivity index (χ0n) is 10.1. The Morgan fingerprint density at radius 3 is 2.62 bits per heavy atom. The summed E-state index contributed by atoms with van der Waals surface area (Å²) in [4.78, 5) is 0. The van der Waals surface area contributed by atoms with E-state index in [0.717, 1.165) is 12.8 Å². The summed E-state index contributed by atoms with van der Waals surface area (Å²) in [6, 6.07) is 2.72. The van der Waals surface area contributed by atoms with Gasteiger partial charge in [0.05, 0.1) is 25.2 Å². The number of hydrogen-bond donors (Lipinski definition) is 1. The van der Waals surface area contributed by atoms with E-state index >= 15 is 0 Å². The lowest BCUT2D eigenvalue weighted by atomic mass is 9.93. The predicted molar refractivity (Wildman–Crippen MR) is 65.2 cm³/mol. The molecule has 0 heterocycles. The minimum Gasteiger partial charge on any atom is -0.333 e. The lowest BCUT2D eigenvalue weighted by Gasteiger charge is -2.29. The molecular formula is C11H21N2O2P. The fourth-order valence-corrected chi connectivity index (χ4v) is 2.96. The Bertz CT molecular complexity index is 225. The summed E-state index contributed by atoms with van der Waals surface area (Å²) in [6.45, 7) is 2.46. The highest BCUT2D eigenvalue weighted by Gasteiger charge is 2.22. The lowest BCUT2D eigenvalue weighted by molar-refractivity contribution is 0.133. The van der Waals surface area contributed by atoms with Gasteiger partial charge in [0.15, 0.2) is 8.38 Å². The first-order chi connectivity index (χ1) is 7.76. The van der Waals surface area contributed by atoms with E-state index in [0.29, 0.717) is 25.2 Å². The molecule has 0 aromatic heterocycles. The first-order valence-electron chi connectivity index (χ1n) is 5.84. The summed E-state index contributed by atoms with van der Waals surface area (Å²) < 4.78 is 11.3. The molecule has 4 nitrogen and oxygen atoms in total. The van der Waals surface area contributed by atoms with Crippen molar-refractivity contribution in [2.75, 3.05) is 20.3 Å². The van der Waals surface area contributed by atoms with Crippen LogP contribution in [-0.4, -0.2) is 32.5 Å². The van der Waals surface area contributed by atoms with Gasteiger partial charge < -0.3 is 14.4 Å². The zero-order chi connectivity index (χ0) is 11.8. The van der Waals surface area contributed by atoms with E-state index in [1.54, 1.807) is 0 Å². The molecule has 1 aliphatic carbocycles. The van der Waals surface area contributed by atoms with Crippen LogP contribution in [0.5, 0.6) is 0 Å². The molecule has 1 fully saturated rings. The van der Waals surface area contributed by atoms with Gasteiger partial charge in [0.2, 0.25) is 0 Å². The highest BCUT2D eigenvalue weighted by Crippen LogP contribution is 2.38. The molecular weight excluding hydrogens is 223 g/mol. The van der Waals surface area contributed by atoms with Crippen LogP contribution >= 0.6 is 8.38 Å². The third-order valence-electron chi connectivity index (χ3n) is 2.87. The van der Waals surface area contributed by atoms with Crippen molar-refractivity contribution in [2.45, 2.75) is 44.2 Å². The van der Waals surface area contributed by atoms with Crippen LogP contribution < -0.4 is 5.32 Å². The molecule has 1 saturated carbocycles. The molecule has 1 N–H and O–H groups in total. The van der Waals surface area contributed by atoms with E-state index in [9.17, 15) is 0 Å². The Labute approximate surface area is 99.2 Å². The number of nitrogens with one attached hydrogen (secondary N) is 1. The Kier molecular flexibility index (Phi) is 6.91. The van der Waals surface area contributed by atoms with Gasteiger partial charge in [-0.3, -0.25) is 0 Å². The highest BCUT2D eigenvalue weighted by atomic mass is 31.2. The van der Waals surface area contributed by atoms with Crippen LogP contribution in [0.25, 0.3) is 0 Å². The standard InChI is InChI=1S/C11H21N2O2P/c1-13-10-4-6-11(7-5-10)15-16(2)14-9-3-8-12/h10-11,13H,3-7,9H2,1-2H3. The first-order valence-corrected chi connectivity index (χ1v) is 7.46. The van der Waals surface area contributed by atoms with Crippen molar-refractivity contribution < 1.29 is 9.05 Å². The van der Waals surface area contributed by atoms with Crippen molar-refractivity contribution in [1.29, 1.82) is 5.26 Å². The molecule has 5 heteroatoms. The Hall–Kier alpha value is -0.200. The third-order valence-corrected chi connectivity index (χ3v) is 4.01. The average Bonchev–Trinajstić information content (AvgIpc) is 2.30. The van der Waals surface area contributed by atoms with Crippen molar-refractivity contribution in [2.24, 2.45) is 0 Å². The summed E-state index contributed by atoms with van der Waals surface area (Å²) in [5.74, 6) is 0. The van der Waals surface area contributed by atoms with Gasteiger partial charge in [-0.05, 0) is 32.7 Å². The molecule has 0 saturated heterocycles. The Morgan fingerprint density at radius 2 is 2.06 bits per heavy atom. The number of nitrogens with zero attached hydrogens (tertiary/aromatic N) is 1. The van der Waals surface area contributed by atoms with Crippen LogP contribution in [0.1, 0.15) is 32.1 Å². The van der Waals surface area contributed by atoms with Gasteiger partial charge in [-0.2, -0.15) is 5.26 Å². The number of rotatable bonds is 6. The molecule has 0 aliphatic heterocycles. The van der Waals surface area contributed by atoms with Crippen LogP contribution in [0.2, 0.25) is 0 Å². The SMILES string of the molecule is CNC1CCC(OP(C)OCCC#N)CC1. The number of nitriles is 1. The van der Waals surface area contributed by atoms with Crippen LogP contribution in [0.3, 0.4) is 0 Å². The number of hydrogen-bond acceptors (Lipinski definition) is 4. The Balaban J connectivity index is 2.11. The summed E-state index contributed by atoms with van der Waals surface area (Å²) in [6.07, 6.45) is 5.38. The maximum absolute atomic E-state index is 8.39. The van der Waals surface area contributed by atoms with E-state index in [4.69, 9.17) is 14.3 Å². The second kappa shape index (κ2) is 7.97. The van der Waals surface area contributed by atoms with Crippen molar-refractivity contribution in [3.63, 3.8) is 0 Å². The fourth-order valence-electron chi connectivity index (χ4n) is 1.92. The normalized spacial score (nSPS) is 27.3. The maximum Gasteiger partial charge on any atom is 0.167 e. The van der Waals surface area contributed by atoms with E-state index in [1.165, 1.54) is 12.8 Å². The second-order valence-corrected chi connectivity index (χ2v) is 5.40. The molecule has 0 bridgehead atoms. The Morgan fingerprint density at radius 1 is 1.38 bits per heavy atom. The smallest absolute Gasteiger partial charge is 0.167 e. The average molecular weight is 244 g/mol. The molecule has 1 aliphatic rings. The summed E-state index contributed by atoms with van der Waals surface area (Å²) in [5, 5.41) is 11.7. The van der Waals surface area contributed by atoms with E-state index in [2.05, 4.69) is 11.4 Å². The zero-order valence-corrected chi connectivity index (χ0v) is 11.0. The molecule has 1 atom stereocenters.